The van der Waals surface area contributed by atoms with Crippen LogP contribution in [0.2, 0.25) is 0 Å². The van der Waals surface area contributed by atoms with E-state index in [4.69, 9.17) is 4.74 Å². The number of halogens is 7. The fourth-order valence-electron chi connectivity index (χ4n) is 3.00. The highest BCUT2D eigenvalue weighted by atomic mass is 32.2. The predicted molar refractivity (Wildman–Crippen MR) is 98.5 cm³/mol. The number of hydrogen-bond acceptors (Lipinski definition) is 8. The van der Waals surface area contributed by atoms with Crippen LogP contribution in [-0.4, -0.2) is 63.3 Å². The number of carbonyl (C=O) groups is 2. The van der Waals surface area contributed by atoms with Crippen LogP contribution < -0.4 is 0 Å². The minimum absolute atomic E-state index is 0.362. The summed E-state index contributed by atoms with van der Waals surface area (Å²) in [5.41, 5.74) is 0. The molecule has 1 fully saturated rings. The van der Waals surface area contributed by atoms with Gasteiger partial charge in [0.25, 0.3) is 0 Å². The Hall–Kier alpha value is -1.68. The van der Waals surface area contributed by atoms with Crippen molar-refractivity contribution < 1.29 is 68.0 Å². The van der Waals surface area contributed by atoms with E-state index in [0.29, 0.717) is 25.7 Å². The number of alkyl halides is 7. The van der Waals surface area contributed by atoms with Crippen LogP contribution in [0.1, 0.15) is 58.3 Å². The van der Waals surface area contributed by atoms with Gasteiger partial charge in [0.2, 0.25) is 0 Å². The highest BCUT2D eigenvalue weighted by Crippen LogP contribution is 2.41. The maximum Gasteiger partial charge on any atom is 0.511 e. The zero-order valence-electron chi connectivity index (χ0n) is 18.0. The number of unbranched alkanes of at least 4 members (excludes halogenated alkanes) is 1. The maximum atomic E-state index is 13.8. The molecule has 200 valence electrons. The van der Waals surface area contributed by atoms with Crippen molar-refractivity contribution in [3.63, 3.8) is 0 Å². The van der Waals surface area contributed by atoms with Crippen molar-refractivity contribution in [2.24, 2.45) is 0 Å². The second-order valence-corrected chi connectivity index (χ2v) is 8.31. The van der Waals surface area contributed by atoms with Crippen LogP contribution in [0.4, 0.5) is 35.5 Å². The second kappa shape index (κ2) is 12.3. The van der Waals surface area contributed by atoms with Gasteiger partial charge in [0, 0.05) is 17.5 Å². The SMILES string of the molecule is CCOC(=O)C(OCCCCC(F)(F)C(F)(F)S(=O)[O-])(OC(=O)OC1CCCCC1)C(F)(F)F. The van der Waals surface area contributed by atoms with Gasteiger partial charge in [0.05, 0.1) is 13.2 Å². The van der Waals surface area contributed by atoms with E-state index in [1.807, 2.05) is 0 Å². The zero-order valence-corrected chi connectivity index (χ0v) is 18.8. The molecule has 0 bridgehead atoms. The summed E-state index contributed by atoms with van der Waals surface area (Å²) in [6, 6.07) is 0. The number of ether oxygens (including phenoxy) is 4. The average molecular weight is 533 g/mol. The van der Waals surface area contributed by atoms with Crippen LogP contribution in [0.25, 0.3) is 0 Å². The molecule has 1 rings (SSSR count). The average Bonchev–Trinajstić information content (AvgIpc) is 2.72. The Morgan fingerprint density at radius 2 is 1.59 bits per heavy atom. The van der Waals surface area contributed by atoms with Crippen molar-refractivity contribution in [1.29, 1.82) is 0 Å². The van der Waals surface area contributed by atoms with Crippen molar-refractivity contribution in [2.75, 3.05) is 13.2 Å². The predicted octanol–water partition coefficient (Wildman–Crippen LogP) is 4.59. The van der Waals surface area contributed by atoms with Crippen LogP contribution >= 0.6 is 0 Å². The number of rotatable bonds is 12. The van der Waals surface area contributed by atoms with Gasteiger partial charge in [0.15, 0.2) is 0 Å². The quantitative estimate of drug-likeness (QED) is 0.118. The third-order valence-electron chi connectivity index (χ3n) is 4.79. The third-order valence-corrected chi connectivity index (χ3v) is 5.50. The van der Waals surface area contributed by atoms with Crippen molar-refractivity contribution >= 4 is 23.2 Å². The van der Waals surface area contributed by atoms with E-state index in [9.17, 15) is 49.1 Å². The summed E-state index contributed by atoms with van der Waals surface area (Å²) >= 11 is -4.44. The number of carbonyl (C=O) groups excluding carboxylic acids is 2. The van der Waals surface area contributed by atoms with Gasteiger partial charge in [-0.3, -0.25) is 4.21 Å². The summed E-state index contributed by atoms with van der Waals surface area (Å²) in [5.74, 6) is -11.5. The lowest BCUT2D eigenvalue weighted by Gasteiger charge is -2.32. The van der Waals surface area contributed by atoms with Crippen LogP contribution in [0.15, 0.2) is 0 Å². The molecule has 0 spiro atoms. The molecule has 0 aromatic carbocycles. The third kappa shape index (κ3) is 7.66. The van der Waals surface area contributed by atoms with E-state index in [-0.39, 0.29) is 0 Å². The minimum Gasteiger partial charge on any atom is -0.768 e. The highest BCUT2D eigenvalue weighted by molar-refractivity contribution is 7.80. The smallest absolute Gasteiger partial charge is 0.511 e. The van der Waals surface area contributed by atoms with Crippen LogP contribution in [0, 0.1) is 0 Å². The van der Waals surface area contributed by atoms with Gasteiger partial charge in [-0.2, -0.15) is 30.7 Å². The normalized spacial score (nSPS) is 18.6. The fraction of sp³-hybridized carbons (Fsp3) is 0.889. The van der Waals surface area contributed by atoms with E-state index < -0.39 is 84.9 Å². The standard InChI is InChI=1S/C18H25F7O8S/c1-2-30-13(26)16(17(21,22)23,33-14(27)32-12-8-4-3-5-9-12)31-11-7-6-10-15(19,20)18(24,25)34(28)29/h12H,2-11H2,1H3,(H,28,29)/p-1. The Balaban J connectivity index is 2.89. The van der Waals surface area contributed by atoms with E-state index in [0.717, 1.165) is 13.3 Å². The van der Waals surface area contributed by atoms with Gasteiger partial charge in [-0.05, 0) is 45.4 Å². The molecule has 0 aromatic heterocycles. The molecule has 8 nitrogen and oxygen atoms in total. The lowest BCUT2D eigenvalue weighted by Crippen LogP contribution is -2.58. The number of esters is 1. The first kappa shape index (κ1) is 30.4. The first-order valence-corrected chi connectivity index (χ1v) is 11.3. The summed E-state index contributed by atoms with van der Waals surface area (Å²) in [6.45, 7) is -0.590. The van der Waals surface area contributed by atoms with Crippen LogP contribution in [0.3, 0.4) is 0 Å². The second-order valence-electron chi connectivity index (χ2n) is 7.33. The molecule has 0 saturated heterocycles. The molecular formula is C18H24F7O8S-. The monoisotopic (exact) mass is 533 g/mol. The molecule has 1 aliphatic carbocycles. The summed E-state index contributed by atoms with van der Waals surface area (Å²) in [6.07, 6.45) is -8.86. The summed E-state index contributed by atoms with van der Waals surface area (Å²) in [5, 5.41) is -5.40. The van der Waals surface area contributed by atoms with Gasteiger partial charge in [-0.1, -0.05) is 6.42 Å². The highest BCUT2D eigenvalue weighted by Gasteiger charge is 2.68. The first-order chi connectivity index (χ1) is 15.6. The molecule has 16 heteroatoms. The molecule has 0 amide bonds. The molecule has 1 saturated carbocycles. The van der Waals surface area contributed by atoms with Crippen molar-refractivity contribution in [3.05, 3.63) is 0 Å². The van der Waals surface area contributed by atoms with Gasteiger partial charge >= 0.3 is 35.3 Å². The Morgan fingerprint density at radius 3 is 2.09 bits per heavy atom. The minimum atomic E-state index is -5.69. The van der Waals surface area contributed by atoms with Gasteiger partial charge in [-0.25, -0.2) is 9.59 Å². The molecular weight excluding hydrogens is 509 g/mol. The van der Waals surface area contributed by atoms with E-state index in [1.54, 1.807) is 0 Å². The summed E-state index contributed by atoms with van der Waals surface area (Å²) in [4.78, 5) is 24.1. The molecule has 0 aromatic rings. The topological polar surface area (TPSA) is 111 Å². The van der Waals surface area contributed by atoms with Gasteiger partial charge in [-0.15, -0.1) is 0 Å². The van der Waals surface area contributed by atoms with Crippen molar-refractivity contribution in [2.45, 2.75) is 87.5 Å². The molecule has 0 N–H and O–H groups in total. The van der Waals surface area contributed by atoms with Crippen molar-refractivity contribution in [3.8, 4) is 0 Å². The van der Waals surface area contributed by atoms with E-state index in [2.05, 4.69) is 14.2 Å². The molecule has 0 radical (unpaired) electrons. The Bertz CT molecular complexity index is 713. The first-order valence-electron chi connectivity index (χ1n) is 10.2. The molecule has 0 heterocycles. The Kier molecular flexibility index (Phi) is 11.0. The number of hydrogen-bond donors (Lipinski definition) is 0. The Labute approximate surface area is 192 Å². The van der Waals surface area contributed by atoms with Crippen LogP contribution in [-0.2, 0) is 34.8 Å². The van der Waals surface area contributed by atoms with Gasteiger partial charge < -0.3 is 23.5 Å². The molecule has 34 heavy (non-hydrogen) atoms. The van der Waals surface area contributed by atoms with Crippen molar-refractivity contribution in [1.82, 2.24) is 0 Å². The fourth-order valence-corrected chi connectivity index (χ4v) is 3.35. The molecule has 2 atom stereocenters. The lowest BCUT2D eigenvalue weighted by molar-refractivity contribution is -0.354. The molecule has 1 aliphatic rings. The maximum absolute atomic E-state index is 13.8. The van der Waals surface area contributed by atoms with Crippen LogP contribution in [0.5, 0.6) is 0 Å². The zero-order chi connectivity index (χ0) is 26.2. The van der Waals surface area contributed by atoms with E-state index in [1.165, 1.54) is 0 Å². The largest absolute Gasteiger partial charge is 0.768 e. The van der Waals surface area contributed by atoms with E-state index >= 15 is 0 Å². The van der Waals surface area contributed by atoms with Gasteiger partial charge in [0.1, 0.15) is 6.10 Å². The molecule has 0 aliphatic heterocycles. The lowest BCUT2D eigenvalue weighted by atomic mass is 9.98. The summed E-state index contributed by atoms with van der Waals surface area (Å²) < 4.78 is 133. The Morgan fingerprint density at radius 1 is 1.00 bits per heavy atom. The summed E-state index contributed by atoms with van der Waals surface area (Å²) in [7, 11) is 0. The molecule has 2 unspecified atom stereocenters.